The molecule has 1 aromatic rings. The molecule has 21 heavy (non-hydrogen) atoms. The first kappa shape index (κ1) is 14.3. The number of anilines is 2. The fourth-order valence-electron chi connectivity index (χ4n) is 3.95. The normalized spacial score (nSPS) is 28.6. The van der Waals surface area contributed by atoms with Crippen molar-refractivity contribution in [3.05, 3.63) is 15.4 Å². The second kappa shape index (κ2) is 5.29. The molecule has 2 bridgehead atoms. The number of nitrogens with one attached hydrogen (secondary N) is 1. The van der Waals surface area contributed by atoms with E-state index in [0.29, 0.717) is 11.8 Å². The lowest BCUT2D eigenvalue weighted by molar-refractivity contribution is -0.383. The average Bonchev–Trinajstić information content (AvgIpc) is 2.99. The van der Waals surface area contributed by atoms with E-state index in [1.165, 1.54) is 25.7 Å². The zero-order valence-electron chi connectivity index (χ0n) is 11.8. The highest BCUT2D eigenvalue weighted by atomic mass is 35.5. The van der Waals surface area contributed by atoms with Crippen molar-refractivity contribution in [1.29, 1.82) is 0 Å². The molecule has 0 saturated heterocycles. The van der Waals surface area contributed by atoms with Crippen LogP contribution in [0.1, 0.15) is 32.6 Å². The van der Waals surface area contributed by atoms with E-state index >= 15 is 0 Å². The van der Waals surface area contributed by atoms with Crippen LogP contribution in [0.25, 0.3) is 0 Å². The molecule has 4 atom stereocenters. The summed E-state index contributed by atoms with van der Waals surface area (Å²) in [6, 6.07) is 0.101. The molecule has 0 unspecified atom stereocenters. The van der Waals surface area contributed by atoms with E-state index in [9.17, 15) is 10.1 Å². The molecule has 1 aromatic heterocycles. The van der Waals surface area contributed by atoms with E-state index in [2.05, 4.69) is 15.3 Å². The van der Waals surface area contributed by atoms with Crippen LogP contribution in [0.15, 0.2) is 0 Å². The number of nitrogen functional groups attached to an aromatic ring is 1. The minimum Gasteiger partial charge on any atom is -0.378 e. The lowest BCUT2D eigenvalue weighted by Gasteiger charge is -2.28. The molecular formula is C13H18ClN5O2. The van der Waals surface area contributed by atoms with Gasteiger partial charge in [-0.05, 0) is 55.5 Å². The van der Waals surface area contributed by atoms with Crippen LogP contribution in [-0.4, -0.2) is 20.9 Å². The fraction of sp³-hybridized carbons (Fsp3) is 0.692. The quantitative estimate of drug-likeness (QED) is 0.503. The first-order valence-electron chi connectivity index (χ1n) is 7.19. The maximum absolute atomic E-state index is 11.1. The van der Waals surface area contributed by atoms with E-state index in [-0.39, 0.29) is 28.6 Å². The van der Waals surface area contributed by atoms with Gasteiger partial charge in [0.2, 0.25) is 16.9 Å². The van der Waals surface area contributed by atoms with Crippen LogP contribution in [0.3, 0.4) is 0 Å². The van der Waals surface area contributed by atoms with Crippen molar-refractivity contribution in [3.63, 3.8) is 0 Å². The summed E-state index contributed by atoms with van der Waals surface area (Å²) in [5, 5.41) is 14.2. The van der Waals surface area contributed by atoms with Gasteiger partial charge in [0.15, 0.2) is 0 Å². The highest BCUT2D eigenvalue weighted by molar-refractivity contribution is 6.28. The molecule has 0 aliphatic heterocycles. The molecule has 114 valence electrons. The summed E-state index contributed by atoms with van der Waals surface area (Å²) >= 11 is 5.77. The Labute approximate surface area is 127 Å². The van der Waals surface area contributed by atoms with Crippen molar-refractivity contribution in [1.82, 2.24) is 9.97 Å². The number of rotatable bonds is 4. The topological polar surface area (TPSA) is 107 Å². The van der Waals surface area contributed by atoms with Gasteiger partial charge in [-0.1, -0.05) is 6.42 Å². The van der Waals surface area contributed by atoms with Gasteiger partial charge in [-0.2, -0.15) is 9.97 Å². The van der Waals surface area contributed by atoms with Crippen molar-refractivity contribution in [2.75, 3.05) is 11.1 Å². The Hall–Kier alpha value is -1.63. The van der Waals surface area contributed by atoms with E-state index < -0.39 is 4.92 Å². The number of nitro groups is 1. The van der Waals surface area contributed by atoms with Crippen molar-refractivity contribution < 1.29 is 4.92 Å². The molecule has 3 rings (SSSR count). The van der Waals surface area contributed by atoms with Crippen molar-refractivity contribution >= 4 is 28.9 Å². The molecule has 2 fully saturated rings. The van der Waals surface area contributed by atoms with Gasteiger partial charge >= 0.3 is 5.69 Å². The summed E-state index contributed by atoms with van der Waals surface area (Å²) in [5.41, 5.74) is 5.30. The van der Waals surface area contributed by atoms with E-state index in [1.807, 2.05) is 6.92 Å². The molecule has 2 aliphatic carbocycles. The maximum Gasteiger partial charge on any atom is 0.353 e. The molecule has 0 spiro atoms. The number of nitrogens with two attached hydrogens (primary N) is 1. The summed E-state index contributed by atoms with van der Waals surface area (Å²) in [5.74, 6) is 1.97. The molecule has 7 nitrogen and oxygen atoms in total. The van der Waals surface area contributed by atoms with Crippen LogP contribution < -0.4 is 11.1 Å². The number of fused-ring (bicyclic) bond motifs is 2. The monoisotopic (exact) mass is 311 g/mol. The average molecular weight is 312 g/mol. The van der Waals surface area contributed by atoms with E-state index in [1.54, 1.807) is 0 Å². The van der Waals surface area contributed by atoms with Gasteiger partial charge in [0, 0.05) is 6.04 Å². The van der Waals surface area contributed by atoms with Crippen LogP contribution in [0.2, 0.25) is 5.28 Å². The third kappa shape index (κ3) is 2.62. The predicted molar refractivity (Wildman–Crippen MR) is 80.1 cm³/mol. The maximum atomic E-state index is 11.1. The lowest BCUT2D eigenvalue weighted by atomic mass is 9.84. The van der Waals surface area contributed by atoms with Gasteiger partial charge in [0.05, 0.1) is 4.92 Å². The minimum atomic E-state index is -0.568. The van der Waals surface area contributed by atoms with Gasteiger partial charge in [0.1, 0.15) is 0 Å². The Morgan fingerprint density at radius 3 is 2.76 bits per heavy atom. The van der Waals surface area contributed by atoms with Gasteiger partial charge in [-0.25, -0.2) is 0 Å². The smallest absolute Gasteiger partial charge is 0.353 e. The lowest BCUT2D eigenvalue weighted by Crippen LogP contribution is -2.30. The summed E-state index contributed by atoms with van der Waals surface area (Å²) in [7, 11) is 0. The molecule has 3 N–H and O–H groups in total. The Kier molecular flexibility index (Phi) is 3.61. The first-order chi connectivity index (χ1) is 9.95. The summed E-state index contributed by atoms with van der Waals surface area (Å²) in [4.78, 5) is 18.2. The van der Waals surface area contributed by atoms with Crippen LogP contribution in [0.5, 0.6) is 0 Å². The summed E-state index contributed by atoms with van der Waals surface area (Å²) in [6.07, 6.45) is 5.04. The molecule has 0 aromatic carbocycles. The van der Waals surface area contributed by atoms with Gasteiger partial charge < -0.3 is 11.1 Å². The van der Waals surface area contributed by atoms with E-state index in [4.69, 9.17) is 17.3 Å². The highest BCUT2D eigenvalue weighted by Gasteiger charge is 2.42. The molecule has 1 heterocycles. The first-order valence-corrected chi connectivity index (χ1v) is 7.57. The Morgan fingerprint density at radius 1 is 1.43 bits per heavy atom. The predicted octanol–water partition coefficient (Wildman–Crippen LogP) is 2.86. The zero-order chi connectivity index (χ0) is 15.1. The molecule has 0 radical (unpaired) electrons. The summed E-state index contributed by atoms with van der Waals surface area (Å²) < 4.78 is 0. The third-order valence-electron chi connectivity index (χ3n) is 4.87. The van der Waals surface area contributed by atoms with Gasteiger partial charge in [0.25, 0.3) is 0 Å². The highest BCUT2D eigenvalue weighted by Crippen LogP contribution is 2.50. The third-order valence-corrected chi connectivity index (χ3v) is 5.03. The Morgan fingerprint density at radius 2 is 2.19 bits per heavy atom. The van der Waals surface area contributed by atoms with Crippen molar-refractivity contribution in [3.8, 4) is 0 Å². The number of hydrogen-bond acceptors (Lipinski definition) is 6. The van der Waals surface area contributed by atoms with Gasteiger partial charge in [-0.3, -0.25) is 10.1 Å². The van der Waals surface area contributed by atoms with Crippen LogP contribution >= 0.6 is 11.6 Å². The number of hydrogen-bond donors (Lipinski definition) is 2. The van der Waals surface area contributed by atoms with Crippen molar-refractivity contribution in [2.45, 2.75) is 38.6 Å². The van der Waals surface area contributed by atoms with Crippen LogP contribution in [-0.2, 0) is 0 Å². The second-order valence-electron chi connectivity index (χ2n) is 6.10. The summed E-state index contributed by atoms with van der Waals surface area (Å²) in [6.45, 7) is 2.04. The molecule has 0 amide bonds. The fourth-order valence-corrected chi connectivity index (χ4v) is 4.13. The number of halogens is 1. The molecular weight excluding hydrogens is 294 g/mol. The van der Waals surface area contributed by atoms with Crippen molar-refractivity contribution in [2.24, 2.45) is 17.8 Å². The zero-order valence-corrected chi connectivity index (χ0v) is 12.5. The molecule has 2 saturated carbocycles. The van der Waals surface area contributed by atoms with Gasteiger partial charge in [-0.15, -0.1) is 0 Å². The Bertz CT molecular complexity index is 582. The second-order valence-corrected chi connectivity index (χ2v) is 6.44. The van der Waals surface area contributed by atoms with Crippen LogP contribution in [0.4, 0.5) is 17.3 Å². The largest absolute Gasteiger partial charge is 0.378 e. The van der Waals surface area contributed by atoms with E-state index in [0.717, 1.165) is 5.92 Å². The minimum absolute atomic E-state index is 0.0826. The molecule has 2 aliphatic rings. The van der Waals surface area contributed by atoms with Crippen LogP contribution in [0, 0.1) is 27.9 Å². The Balaban J connectivity index is 1.82. The molecule has 8 heteroatoms. The standard InChI is InChI=1S/C13H18ClN5O2/c1-6(9-5-7-2-3-8(9)4-7)16-12-10(19(20)21)11(15)17-13(14)18-12/h6-9H,2-5H2,1H3,(H3,15,16,17,18)/t6-,7+,8+,9+/m1/s1. The number of aromatic nitrogens is 2. The number of nitrogens with zero attached hydrogens (tertiary/aromatic N) is 3. The SMILES string of the molecule is C[C@@H](Nc1nc(Cl)nc(N)c1[N+](=O)[O-])[C@@H]1C[C@H]2CC[C@H]1C2.